The highest BCUT2D eigenvalue weighted by Gasteiger charge is 2.35. The summed E-state index contributed by atoms with van der Waals surface area (Å²) in [6.07, 6.45) is 1.55. The van der Waals surface area contributed by atoms with Gasteiger partial charge in [-0.25, -0.2) is 4.79 Å². The summed E-state index contributed by atoms with van der Waals surface area (Å²) in [6, 6.07) is 10.2. The molecule has 0 unspecified atom stereocenters. The fourth-order valence-corrected chi connectivity index (χ4v) is 2.69. The molecule has 0 bridgehead atoms. The van der Waals surface area contributed by atoms with Crippen LogP contribution < -0.4 is 5.32 Å². The van der Waals surface area contributed by atoms with Crippen LogP contribution in [0.1, 0.15) is 18.4 Å². The fraction of sp³-hybridized carbons (Fsp3) is 0.562. The summed E-state index contributed by atoms with van der Waals surface area (Å²) < 4.78 is 0. The average molecular weight is 291 g/mol. The highest BCUT2D eigenvalue weighted by molar-refractivity contribution is 5.73. The van der Waals surface area contributed by atoms with Crippen molar-refractivity contribution in [1.82, 2.24) is 15.1 Å². The van der Waals surface area contributed by atoms with Crippen molar-refractivity contribution in [3.8, 4) is 0 Å². The van der Waals surface area contributed by atoms with Gasteiger partial charge in [-0.05, 0) is 18.4 Å². The van der Waals surface area contributed by atoms with E-state index >= 15 is 0 Å². The molecule has 5 nitrogen and oxygen atoms in total. The van der Waals surface area contributed by atoms with E-state index in [0.29, 0.717) is 13.1 Å². The van der Waals surface area contributed by atoms with Crippen LogP contribution >= 0.6 is 0 Å². The molecule has 2 amide bonds. The predicted octanol–water partition coefficient (Wildman–Crippen LogP) is 1.28. The van der Waals surface area contributed by atoms with Crippen molar-refractivity contribution in [2.45, 2.75) is 24.9 Å². The Morgan fingerprint density at radius 1 is 1.29 bits per heavy atom. The minimum atomic E-state index is -0.279. The highest BCUT2D eigenvalue weighted by atomic mass is 16.3. The van der Waals surface area contributed by atoms with E-state index in [1.807, 2.05) is 23.1 Å². The maximum Gasteiger partial charge on any atom is 0.319 e. The molecule has 2 N–H and O–H groups in total. The molecular weight excluding hydrogens is 266 g/mol. The lowest BCUT2D eigenvalue weighted by molar-refractivity contribution is 0.0811. The SMILES string of the molecule is CN(C)C(=O)N1CCC(CO)(NCc2ccccc2)CC1. The van der Waals surface area contributed by atoms with E-state index in [2.05, 4.69) is 17.4 Å². The summed E-state index contributed by atoms with van der Waals surface area (Å²) in [7, 11) is 3.54. The van der Waals surface area contributed by atoms with Crippen LogP contribution in [0.25, 0.3) is 0 Å². The molecule has 1 aliphatic rings. The molecule has 21 heavy (non-hydrogen) atoms. The van der Waals surface area contributed by atoms with Gasteiger partial charge in [-0.15, -0.1) is 0 Å². The zero-order chi connectivity index (χ0) is 15.3. The molecule has 1 fully saturated rings. The minimum Gasteiger partial charge on any atom is -0.394 e. The first-order valence-corrected chi connectivity index (χ1v) is 7.42. The third-order valence-electron chi connectivity index (χ3n) is 4.19. The standard InChI is InChI=1S/C16H25N3O2/c1-18(2)15(21)19-10-8-16(13-20,9-11-19)17-12-14-6-4-3-5-7-14/h3-7,17,20H,8-13H2,1-2H3. The lowest BCUT2D eigenvalue weighted by atomic mass is 9.88. The van der Waals surface area contributed by atoms with Gasteiger partial charge in [0, 0.05) is 39.3 Å². The smallest absolute Gasteiger partial charge is 0.319 e. The molecule has 0 aromatic heterocycles. The highest BCUT2D eigenvalue weighted by Crippen LogP contribution is 2.23. The van der Waals surface area contributed by atoms with E-state index in [4.69, 9.17) is 0 Å². The van der Waals surface area contributed by atoms with Crippen molar-refractivity contribution in [3.63, 3.8) is 0 Å². The second kappa shape index (κ2) is 6.91. The van der Waals surface area contributed by atoms with Crippen molar-refractivity contribution >= 4 is 6.03 Å². The number of aliphatic hydroxyl groups excluding tert-OH is 1. The number of carbonyl (C=O) groups is 1. The molecule has 1 aliphatic heterocycles. The van der Waals surface area contributed by atoms with Gasteiger partial charge in [0.2, 0.25) is 0 Å². The number of hydrogen-bond acceptors (Lipinski definition) is 3. The van der Waals surface area contributed by atoms with Crippen LogP contribution in [0.2, 0.25) is 0 Å². The molecule has 1 saturated heterocycles. The van der Waals surface area contributed by atoms with Gasteiger partial charge < -0.3 is 20.2 Å². The van der Waals surface area contributed by atoms with Gasteiger partial charge in [-0.1, -0.05) is 30.3 Å². The van der Waals surface area contributed by atoms with E-state index in [-0.39, 0.29) is 18.2 Å². The van der Waals surface area contributed by atoms with Crippen molar-refractivity contribution < 1.29 is 9.90 Å². The Balaban J connectivity index is 1.90. The van der Waals surface area contributed by atoms with Crippen molar-refractivity contribution in [2.75, 3.05) is 33.8 Å². The van der Waals surface area contributed by atoms with Crippen molar-refractivity contribution in [2.24, 2.45) is 0 Å². The van der Waals surface area contributed by atoms with Crippen LogP contribution in [0.15, 0.2) is 30.3 Å². The van der Waals surface area contributed by atoms with Gasteiger partial charge in [0.05, 0.1) is 6.61 Å². The van der Waals surface area contributed by atoms with E-state index in [1.54, 1.807) is 19.0 Å². The largest absolute Gasteiger partial charge is 0.394 e. The molecule has 0 aliphatic carbocycles. The average Bonchev–Trinajstić information content (AvgIpc) is 2.53. The fourth-order valence-electron chi connectivity index (χ4n) is 2.69. The topological polar surface area (TPSA) is 55.8 Å². The monoisotopic (exact) mass is 291 g/mol. The number of carbonyl (C=O) groups excluding carboxylic acids is 1. The third-order valence-corrected chi connectivity index (χ3v) is 4.19. The van der Waals surface area contributed by atoms with Crippen LogP contribution in [-0.2, 0) is 6.54 Å². The molecule has 1 aromatic rings. The summed E-state index contributed by atoms with van der Waals surface area (Å²) in [5, 5.41) is 13.3. The summed E-state index contributed by atoms with van der Waals surface area (Å²) >= 11 is 0. The number of nitrogens with zero attached hydrogens (tertiary/aromatic N) is 2. The Labute approximate surface area is 126 Å². The summed E-state index contributed by atoms with van der Waals surface area (Å²) in [5.74, 6) is 0. The molecule has 116 valence electrons. The number of hydrogen-bond donors (Lipinski definition) is 2. The van der Waals surface area contributed by atoms with Crippen molar-refractivity contribution in [1.29, 1.82) is 0 Å². The Kier molecular flexibility index (Phi) is 5.20. The van der Waals surface area contributed by atoms with Crippen LogP contribution in [0.4, 0.5) is 4.79 Å². The molecule has 0 radical (unpaired) electrons. The number of aliphatic hydroxyl groups is 1. The first kappa shape index (κ1) is 15.8. The van der Waals surface area contributed by atoms with E-state index in [9.17, 15) is 9.90 Å². The number of rotatable bonds is 4. The number of amides is 2. The second-order valence-corrected chi connectivity index (χ2v) is 5.94. The predicted molar refractivity (Wildman–Crippen MR) is 83.0 cm³/mol. The van der Waals surface area contributed by atoms with Crippen LogP contribution in [-0.4, -0.2) is 60.3 Å². The maximum absolute atomic E-state index is 11.9. The van der Waals surface area contributed by atoms with Crippen molar-refractivity contribution in [3.05, 3.63) is 35.9 Å². The summed E-state index contributed by atoms with van der Waals surface area (Å²) in [6.45, 7) is 2.20. The van der Waals surface area contributed by atoms with Gasteiger partial charge in [-0.3, -0.25) is 0 Å². The van der Waals surface area contributed by atoms with Gasteiger partial charge in [-0.2, -0.15) is 0 Å². The Hall–Kier alpha value is -1.59. The number of likely N-dealkylation sites (tertiary alicyclic amines) is 1. The van der Waals surface area contributed by atoms with E-state index in [0.717, 1.165) is 19.4 Å². The molecule has 0 spiro atoms. The Morgan fingerprint density at radius 2 is 1.90 bits per heavy atom. The first-order chi connectivity index (χ1) is 10.1. The van der Waals surface area contributed by atoms with Gasteiger partial charge in [0.1, 0.15) is 0 Å². The Morgan fingerprint density at radius 3 is 2.43 bits per heavy atom. The molecule has 0 atom stereocenters. The zero-order valence-corrected chi connectivity index (χ0v) is 12.9. The first-order valence-electron chi connectivity index (χ1n) is 7.42. The van der Waals surface area contributed by atoms with Gasteiger partial charge in [0.15, 0.2) is 0 Å². The van der Waals surface area contributed by atoms with Gasteiger partial charge in [0.25, 0.3) is 0 Å². The molecule has 2 rings (SSSR count). The number of nitrogens with one attached hydrogen (secondary N) is 1. The number of piperidine rings is 1. The third kappa shape index (κ3) is 3.95. The summed E-state index contributed by atoms with van der Waals surface area (Å²) in [5.41, 5.74) is 0.927. The lowest BCUT2D eigenvalue weighted by Crippen LogP contribution is -2.57. The van der Waals surface area contributed by atoms with Crippen LogP contribution in [0.3, 0.4) is 0 Å². The lowest BCUT2D eigenvalue weighted by Gasteiger charge is -2.42. The normalized spacial score (nSPS) is 17.6. The summed E-state index contributed by atoms with van der Waals surface area (Å²) in [4.78, 5) is 15.4. The molecule has 0 saturated carbocycles. The van der Waals surface area contributed by atoms with Gasteiger partial charge >= 0.3 is 6.03 Å². The van der Waals surface area contributed by atoms with E-state index in [1.165, 1.54) is 5.56 Å². The van der Waals surface area contributed by atoms with Crippen LogP contribution in [0.5, 0.6) is 0 Å². The molecule has 1 aromatic carbocycles. The minimum absolute atomic E-state index is 0.0459. The number of benzene rings is 1. The number of urea groups is 1. The second-order valence-electron chi connectivity index (χ2n) is 5.94. The molecule has 5 heteroatoms. The quantitative estimate of drug-likeness (QED) is 0.879. The molecular formula is C16H25N3O2. The van der Waals surface area contributed by atoms with E-state index < -0.39 is 0 Å². The zero-order valence-electron chi connectivity index (χ0n) is 12.9. The maximum atomic E-state index is 11.9. The Bertz CT molecular complexity index is 454. The molecule has 1 heterocycles. The van der Waals surface area contributed by atoms with Crippen LogP contribution in [0, 0.1) is 0 Å².